The van der Waals surface area contributed by atoms with Gasteiger partial charge in [0.05, 0.1) is 6.54 Å². The van der Waals surface area contributed by atoms with E-state index in [4.69, 9.17) is 0 Å². The molecule has 0 saturated carbocycles. The summed E-state index contributed by atoms with van der Waals surface area (Å²) in [5.74, 6) is -1.39. The Kier molecular flexibility index (Phi) is 4.99. The van der Waals surface area contributed by atoms with Crippen LogP contribution in [0.1, 0.15) is 10.4 Å². The number of amides is 4. The van der Waals surface area contributed by atoms with E-state index in [1.807, 2.05) is 5.32 Å². The third-order valence-corrected chi connectivity index (χ3v) is 3.21. The number of nitrogens with one attached hydrogen (secondary N) is 2. The van der Waals surface area contributed by atoms with Gasteiger partial charge in [-0.3, -0.25) is 19.7 Å². The predicted octanol–water partition coefficient (Wildman–Crippen LogP) is 0.286. The third kappa shape index (κ3) is 4.22. The Bertz CT molecular complexity index is 657. The fourth-order valence-corrected chi connectivity index (χ4v) is 1.86. The summed E-state index contributed by atoms with van der Waals surface area (Å²) in [4.78, 5) is 45.4. The van der Waals surface area contributed by atoms with Gasteiger partial charge >= 0.3 is 6.03 Å². The van der Waals surface area contributed by atoms with Crippen molar-refractivity contribution >= 4 is 45.8 Å². The molecule has 1 fully saturated rings. The second-order valence-electron chi connectivity index (χ2n) is 4.30. The molecule has 0 aromatic heterocycles. The lowest BCUT2D eigenvalue weighted by molar-refractivity contribution is -0.118. The summed E-state index contributed by atoms with van der Waals surface area (Å²) in [5.41, 5.74) is 0.463. The van der Waals surface area contributed by atoms with E-state index < -0.39 is 17.8 Å². The first-order valence-corrected chi connectivity index (χ1v) is 6.97. The molecular formula is C13H11BrN4O4. The highest BCUT2D eigenvalue weighted by Gasteiger charge is 2.26. The van der Waals surface area contributed by atoms with Gasteiger partial charge in [0.15, 0.2) is 5.78 Å². The first-order valence-electron chi connectivity index (χ1n) is 6.17. The van der Waals surface area contributed by atoms with E-state index in [1.54, 1.807) is 24.3 Å². The Hall–Kier alpha value is -2.55. The molecule has 114 valence electrons. The van der Waals surface area contributed by atoms with E-state index in [0.717, 1.165) is 15.7 Å². The zero-order valence-corrected chi connectivity index (χ0v) is 12.8. The van der Waals surface area contributed by atoms with E-state index >= 15 is 0 Å². The van der Waals surface area contributed by atoms with Crippen LogP contribution < -0.4 is 10.6 Å². The lowest BCUT2D eigenvalue weighted by atomic mass is 10.1. The fourth-order valence-electron chi connectivity index (χ4n) is 1.60. The maximum Gasteiger partial charge on any atom is 0.344 e. The van der Waals surface area contributed by atoms with Gasteiger partial charge < -0.3 is 5.32 Å². The summed E-state index contributed by atoms with van der Waals surface area (Å²) >= 11 is 3.26. The Morgan fingerprint density at radius 1 is 1.32 bits per heavy atom. The minimum Gasteiger partial charge on any atom is -0.344 e. The van der Waals surface area contributed by atoms with Gasteiger partial charge in [-0.1, -0.05) is 28.1 Å². The van der Waals surface area contributed by atoms with E-state index in [9.17, 15) is 19.2 Å². The van der Waals surface area contributed by atoms with E-state index in [0.29, 0.717) is 5.56 Å². The van der Waals surface area contributed by atoms with Crippen LogP contribution in [0.15, 0.2) is 33.8 Å². The van der Waals surface area contributed by atoms with Crippen LogP contribution in [0.2, 0.25) is 0 Å². The molecule has 4 amide bonds. The summed E-state index contributed by atoms with van der Waals surface area (Å²) in [5, 5.41) is 8.74. The molecule has 1 heterocycles. The van der Waals surface area contributed by atoms with Gasteiger partial charge in [0, 0.05) is 10.0 Å². The van der Waals surface area contributed by atoms with Crippen LogP contribution >= 0.6 is 15.9 Å². The molecule has 1 aromatic carbocycles. The summed E-state index contributed by atoms with van der Waals surface area (Å²) in [7, 11) is 0. The average molecular weight is 367 g/mol. The molecule has 2 rings (SSSR count). The quantitative estimate of drug-likeness (QED) is 0.443. The average Bonchev–Trinajstić information content (AvgIpc) is 2.81. The number of nitrogens with zero attached hydrogens (tertiary/aromatic N) is 2. The van der Waals surface area contributed by atoms with Crippen molar-refractivity contribution in [3.05, 3.63) is 34.3 Å². The minimum atomic E-state index is -0.694. The number of urea groups is 1. The van der Waals surface area contributed by atoms with Gasteiger partial charge in [0.25, 0.3) is 5.91 Å². The summed E-state index contributed by atoms with van der Waals surface area (Å²) in [6.45, 7) is -0.432. The van der Waals surface area contributed by atoms with E-state index in [1.165, 1.54) is 0 Å². The Labute approximate surface area is 133 Å². The molecule has 1 aliphatic rings. The SMILES string of the molecule is O=C(/C=N/N1CC(=O)NC1=O)NCC(=O)c1ccc(Br)cc1. The number of ketones is 1. The molecule has 8 nitrogen and oxygen atoms in total. The van der Waals surface area contributed by atoms with Crippen molar-refractivity contribution in [1.29, 1.82) is 0 Å². The number of Topliss-reactive ketones (excluding diaryl/α,β-unsaturated/α-hetero) is 1. The predicted molar refractivity (Wildman–Crippen MR) is 80.2 cm³/mol. The van der Waals surface area contributed by atoms with Crippen molar-refractivity contribution in [1.82, 2.24) is 15.6 Å². The number of hydrazone groups is 1. The smallest absolute Gasteiger partial charge is 0.344 e. The molecule has 0 radical (unpaired) electrons. The highest BCUT2D eigenvalue weighted by Crippen LogP contribution is 2.10. The maximum absolute atomic E-state index is 11.8. The van der Waals surface area contributed by atoms with Crippen molar-refractivity contribution in [2.45, 2.75) is 0 Å². The molecule has 0 unspecified atom stereocenters. The second-order valence-corrected chi connectivity index (χ2v) is 5.22. The van der Waals surface area contributed by atoms with Gasteiger partial charge in [0.2, 0.25) is 5.91 Å². The number of imide groups is 1. The van der Waals surface area contributed by atoms with Gasteiger partial charge in [0.1, 0.15) is 12.8 Å². The first-order chi connectivity index (χ1) is 10.5. The molecule has 0 bridgehead atoms. The van der Waals surface area contributed by atoms with Crippen molar-refractivity contribution < 1.29 is 19.2 Å². The molecule has 1 aliphatic heterocycles. The second kappa shape index (κ2) is 6.94. The monoisotopic (exact) mass is 366 g/mol. The number of carbonyl (C=O) groups is 4. The highest BCUT2D eigenvalue weighted by molar-refractivity contribution is 9.10. The fraction of sp³-hybridized carbons (Fsp3) is 0.154. The van der Waals surface area contributed by atoms with Crippen molar-refractivity contribution in [2.24, 2.45) is 5.10 Å². The van der Waals surface area contributed by atoms with E-state index in [2.05, 4.69) is 26.3 Å². The van der Waals surface area contributed by atoms with Crippen LogP contribution in [-0.2, 0) is 9.59 Å². The summed E-state index contributed by atoms with van der Waals surface area (Å²) < 4.78 is 0.846. The number of halogens is 1. The molecule has 0 atom stereocenters. The van der Waals surface area contributed by atoms with Gasteiger partial charge in [-0.15, -0.1) is 0 Å². The summed E-state index contributed by atoms with van der Waals surface area (Å²) in [6.07, 6.45) is 0.840. The zero-order chi connectivity index (χ0) is 16.1. The molecule has 22 heavy (non-hydrogen) atoms. The highest BCUT2D eigenvalue weighted by atomic mass is 79.9. The van der Waals surface area contributed by atoms with Gasteiger partial charge in [-0.25, -0.2) is 9.80 Å². The topological polar surface area (TPSA) is 108 Å². The number of hydrogen-bond acceptors (Lipinski definition) is 5. The normalized spacial score (nSPS) is 14.3. The van der Waals surface area contributed by atoms with Crippen LogP contribution in [0.3, 0.4) is 0 Å². The Morgan fingerprint density at radius 3 is 2.59 bits per heavy atom. The van der Waals surface area contributed by atoms with Crippen LogP contribution in [0.5, 0.6) is 0 Å². The van der Waals surface area contributed by atoms with E-state index in [-0.39, 0.29) is 18.9 Å². The molecule has 0 aliphatic carbocycles. The van der Waals surface area contributed by atoms with Gasteiger partial charge in [-0.05, 0) is 12.1 Å². The standard InChI is InChI=1S/C13H11BrN4O4/c14-9-3-1-8(2-4-9)10(19)5-15-11(20)6-16-18-7-12(21)17-13(18)22/h1-4,6H,5,7H2,(H,15,20)(H,17,21,22)/b16-6+. The van der Waals surface area contributed by atoms with Crippen LogP contribution in [0.25, 0.3) is 0 Å². The molecular weight excluding hydrogens is 356 g/mol. The number of rotatable bonds is 5. The lowest BCUT2D eigenvalue weighted by Gasteiger charge is -2.05. The van der Waals surface area contributed by atoms with Gasteiger partial charge in [-0.2, -0.15) is 5.10 Å². The summed E-state index contributed by atoms with van der Waals surface area (Å²) in [6, 6.07) is 6.01. The number of carbonyl (C=O) groups excluding carboxylic acids is 4. The molecule has 0 spiro atoms. The van der Waals surface area contributed by atoms with Crippen LogP contribution in [0, 0.1) is 0 Å². The van der Waals surface area contributed by atoms with Crippen molar-refractivity contribution in [2.75, 3.05) is 13.1 Å². The molecule has 2 N–H and O–H groups in total. The maximum atomic E-state index is 11.8. The van der Waals surface area contributed by atoms with Crippen molar-refractivity contribution in [3.8, 4) is 0 Å². The Morgan fingerprint density at radius 2 is 2.00 bits per heavy atom. The first kappa shape index (κ1) is 15.8. The molecule has 1 saturated heterocycles. The van der Waals surface area contributed by atoms with Crippen LogP contribution in [-0.4, -0.2) is 47.9 Å². The number of hydrogen-bond donors (Lipinski definition) is 2. The lowest BCUT2D eigenvalue weighted by Crippen LogP contribution is -2.31. The largest absolute Gasteiger partial charge is 0.344 e. The van der Waals surface area contributed by atoms with Crippen molar-refractivity contribution in [3.63, 3.8) is 0 Å². The Balaban J connectivity index is 1.82. The molecule has 9 heteroatoms. The minimum absolute atomic E-state index is 0.197. The number of benzene rings is 1. The zero-order valence-electron chi connectivity index (χ0n) is 11.2. The van der Waals surface area contributed by atoms with Crippen LogP contribution in [0.4, 0.5) is 4.79 Å². The molecule has 1 aromatic rings. The third-order valence-electron chi connectivity index (χ3n) is 2.68.